The van der Waals surface area contributed by atoms with Crippen molar-refractivity contribution >= 4 is 28.1 Å². The summed E-state index contributed by atoms with van der Waals surface area (Å²) in [5.41, 5.74) is 6.33. The third kappa shape index (κ3) is 2.41. The van der Waals surface area contributed by atoms with Crippen LogP contribution in [-0.4, -0.2) is 19.4 Å². The molecular formula is C21H17N5. The highest BCUT2D eigenvalue weighted by molar-refractivity contribution is 5.85. The highest BCUT2D eigenvalue weighted by atomic mass is 15.1. The Kier molecular flexibility index (Phi) is 3.25. The Hall–Kier alpha value is -3.60. The number of fused-ring (bicyclic) bond motifs is 2. The van der Waals surface area contributed by atoms with Crippen molar-refractivity contribution in [3.05, 3.63) is 78.9 Å². The second-order valence-corrected chi connectivity index (χ2v) is 6.38. The summed E-state index contributed by atoms with van der Waals surface area (Å²) in [6.45, 7) is 2.09. The molecule has 3 aromatic heterocycles. The van der Waals surface area contributed by atoms with Gasteiger partial charge in [0, 0.05) is 40.7 Å². The summed E-state index contributed by atoms with van der Waals surface area (Å²) >= 11 is 0. The normalized spacial score (nSPS) is 11.3. The second-order valence-electron chi connectivity index (χ2n) is 6.38. The topological polar surface area (TPSA) is 58.0 Å². The monoisotopic (exact) mass is 339 g/mol. The van der Waals surface area contributed by atoms with Gasteiger partial charge >= 0.3 is 0 Å². The van der Waals surface area contributed by atoms with Crippen LogP contribution >= 0.6 is 0 Å². The quantitative estimate of drug-likeness (QED) is 0.490. The molecule has 2 aromatic carbocycles. The second kappa shape index (κ2) is 5.74. The molecule has 0 aliphatic carbocycles. The molecule has 5 aromatic rings. The number of rotatable bonds is 3. The molecule has 5 heteroatoms. The molecule has 0 bridgehead atoms. The first-order valence-electron chi connectivity index (χ1n) is 8.51. The molecular weight excluding hydrogens is 322 g/mol. The lowest BCUT2D eigenvalue weighted by Crippen LogP contribution is -1.98. The maximum absolute atomic E-state index is 4.60. The summed E-state index contributed by atoms with van der Waals surface area (Å²) in [6.07, 6.45) is 7.57. The van der Waals surface area contributed by atoms with Crippen LogP contribution in [0.2, 0.25) is 0 Å². The zero-order valence-corrected chi connectivity index (χ0v) is 14.3. The minimum Gasteiger partial charge on any atom is -0.361 e. The number of nitrogens with one attached hydrogen (secondary N) is 2. The first-order valence-corrected chi connectivity index (χ1v) is 8.51. The van der Waals surface area contributed by atoms with Gasteiger partial charge in [-0.05, 0) is 31.2 Å². The third-order valence-corrected chi connectivity index (χ3v) is 4.59. The van der Waals surface area contributed by atoms with E-state index in [1.807, 2.05) is 24.7 Å². The first kappa shape index (κ1) is 14.7. The highest BCUT2D eigenvalue weighted by Gasteiger charge is 2.10. The fourth-order valence-corrected chi connectivity index (χ4v) is 3.21. The van der Waals surface area contributed by atoms with E-state index < -0.39 is 0 Å². The van der Waals surface area contributed by atoms with Crippen molar-refractivity contribution in [2.75, 3.05) is 5.32 Å². The van der Waals surface area contributed by atoms with Gasteiger partial charge in [0.25, 0.3) is 0 Å². The van der Waals surface area contributed by atoms with Crippen LogP contribution in [0.1, 0.15) is 5.56 Å². The van der Waals surface area contributed by atoms with Gasteiger partial charge in [-0.1, -0.05) is 29.8 Å². The fourth-order valence-electron chi connectivity index (χ4n) is 3.21. The van der Waals surface area contributed by atoms with Crippen LogP contribution in [-0.2, 0) is 0 Å². The van der Waals surface area contributed by atoms with Crippen LogP contribution in [0, 0.1) is 6.92 Å². The van der Waals surface area contributed by atoms with Crippen molar-refractivity contribution < 1.29 is 0 Å². The molecule has 0 saturated heterocycles. The van der Waals surface area contributed by atoms with Gasteiger partial charge in [-0.15, -0.1) is 0 Å². The van der Waals surface area contributed by atoms with Crippen LogP contribution in [0.15, 0.2) is 73.3 Å². The summed E-state index contributed by atoms with van der Waals surface area (Å²) in [5, 5.41) is 4.55. The van der Waals surface area contributed by atoms with E-state index in [0.717, 1.165) is 39.3 Å². The molecule has 0 fully saturated rings. The molecule has 0 radical (unpaired) electrons. The fraction of sp³-hybridized carbons (Fsp3) is 0.0476. The number of aryl methyl sites for hydroxylation is 1. The number of H-pyrrole nitrogens is 1. The smallest absolute Gasteiger partial charge is 0.180 e. The van der Waals surface area contributed by atoms with E-state index in [9.17, 15) is 0 Å². The number of imidazole rings is 1. The van der Waals surface area contributed by atoms with E-state index in [-0.39, 0.29) is 0 Å². The predicted molar refractivity (Wildman–Crippen MR) is 105 cm³/mol. The largest absolute Gasteiger partial charge is 0.361 e. The highest BCUT2D eigenvalue weighted by Crippen LogP contribution is 2.26. The molecule has 26 heavy (non-hydrogen) atoms. The number of hydrogen-bond donors (Lipinski definition) is 2. The number of aromatic nitrogens is 4. The average molecular weight is 339 g/mol. The molecule has 126 valence electrons. The van der Waals surface area contributed by atoms with Gasteiger partial charge in [0.15, 0.2) is 11.5 Å². The summed E-state index contributed by atoms with van der Waals surface area (Å²) in [5.74, 6) is 0.737. The lowest BCUT2D eigenvalue weighted by Gasteiger charge is -2.08. The molecule has 3 heterocycles. The number of hydrogen-bond acceptors (Lipinski definition) is 3. The Morgan fingerprint density at radius 1 is 1.00 bits per heavy atom. The van der Waals surface area contributed by atoms with E-state index in [1.54, 1.807) is 6.20 Å². The number of benzene rings is 2. The molecule has 0 unspecified atom stereocenters. The van der Waals surface area contributed by atoms with Crippen LogP contribution in [0.25, 0.3) is 27.8 Å². The van der Waals surface area contributed by atoms with E-state index in [4.69, 9.17) is 0 Å². The van der Waals surface area contributed by atoms with E-state index >= 15 is 0 Å². The standard InChI is InChI=1S/C21H17N5/c1-14-2-4-15(5-3-14)19-13-24-21-20(23-10-11-26(19)21)25-17-6-7-18-16(12-17)8-9-22-18/h2-13,22H,1H3,(H,23,25). The molecule has 2 N–H and O–H groups in total. The molecule has 0 aliphatic heterocycles. The van der Waals surface area contributed by atoms with Gasteiger partial charge < -0.3 is 10.3 Å². The van der Waals surface area contributed by atoms with Gasteiger partial charge in [0.05, 0.1) is 11.9 Å². The SMILES string of the molecule is Cc1ccc(-c2cnc3c(Nc4ccc5[nH]ccc5c4)nccn23)cc1. The maximum atomic E-state index is 4.60. The summed E-state index contributed by atoms with van der Waals surface area (Å²) in [6, 6.07) is 16.7. The lowest BCUT2D eigenvalue weighted by molar-refractivity contribution is 1.13. The van der Waals surface area contributed by atoms with Gasteiger partial charge in [-0.25, -0.2) is 9.97 Å². The number of anilines is 2. The van der Waals surface area contributed by atoms with Gasteiger partial charge in [0.2, 0.25) is 0 Å². The molecule has 0 atom stereocenters. The van der Waals surface area contributed by atoms with Crippen molar-refractivity contribution in [1.29, 1.82) is 0 Å². The van der Waals surface area contributed by atoms with Gasteiger partial charge in [0.1, 0.15) is 0 Å². The summed E-state index contributed by atoms with van der Waals surface area (Å²) < 4.78 is 2.06. The Morgan fingerprint density at radius 3 is 2.77 bits per heavy atom. The van der Waals surface area contributed by atoms with E-state index in [2.05, 4.69) is 74.1 Å². The Bertz CT molecular complexity index is 1210. The van der Waals surface area contributed by atoms with Crippen LogP contribution in [0.5, 0.6) is 0 Å². The third-order valence-electron chi connectivity index (χ3n) is 4.59. The average Bonchev–Trinajstić information content (AvgIpc) is 3.29. The molecule has 0 saturated carbocycles. The minimum atomic E-state index is 0.737. The molecule has 0 amide bonds. The predicted octanol–water partition coefficient (Wildman–Crippen LogP) is 4.93. The van der Waals surface area contributed by atoms with Crippen molar-refractivity contribution in [2.45, 2.75) is 6.92 Å². The first-order chi connectivity index (χ1) is 12.8. The zero-order chi connectivity index (χ0) is 17.5. The molecule has 0 spiro atoms. The maximum Gasteiger partial charge on any atom is 0.180 e. The zero-order valence-electron chi connectivity index (χ0n) is 14.3. The number of aromatic amines is 1. The summed E-state index contributed by atoms with van der Waals surface area (Å²) in [7, 11) is 0. The van der Waals surface area contributed by atoms with Gasteiger partial charge in [-0.3, -0.25) is 4.40 Å². The van der Waals surface area contributed by atoms with E-state index in [1.165, 1.54) is 5.56 Å². The van der Waals surface area contributed by atoms with Gasteiger partial charge in [-0.2, -0.15) is 0 Å². The number of nitrogens with zero attached hydrogens (tertiary/aromatic N) is 3. The Balaban J connectivity index is 1.57. The molecule has 0 aliphatic rings. The van der Waals surface area contributed by atoms with E-state index in [0.29, 0.717) is 0 Å². The van der Waals surface area contributed by atoms with Crippen molar-refractivity contribution in [3.63, 3.8) is 0 Å². The minimum absolute atomic E-state index is 0.737. The lowest BCUT2D eigenvalue weighted by atomic mass is 10.1. The van der Waals surface area contributed by atoms with Crippen LogP contribution < -0.4 is 5.32 Å². The molecule has 5 rings (SSSR count). The molecule has 5 nitrogen and oxygen atoms in total. The van der Waals surface area contributed by atoms with Crippen molar-refractivity contribution in [1.82, 2.24) is 19.4 Å². The van der Waals surface area contributed by atoms with Crippen LogP contribution in [0.3, 0.4) is 0 Å². The summed E-state index contributed by atoms with van der Waals surface area (Å²) in [4.78, 5) is 12.3. The van der Waals surface area contributed by atoms with Crippen LogP contribution in [0.4, 0.5) is 11.5 Å². The van der Waals surface area contributed by atoms with Crippen molar-refractivity contribution in [3.8, 4) is 11.3 Å². The Labute approximate surface area is 150 Å². The van der Waals surface area contributed by atoms with Crippen molar-refractivity contribution in [2.24, 2.45) is 0 Å². The Morgan fingerprint density at radius 2 is 1.88 bits per heavy atom.